The van der Waals surface area contributed by atoms with Gasteiger partial charge in [0.1, 0.15) is 5.82 Å². The van der Waals surface area contributed by atoms with Crippen LogP contribution in [0.3, 0.4) is 0 Å². The summed E-state index contributed by atoms with van der Waals surface area (Å²) in [5.41, 5.74) is 0.900. The molecule has 0 bridgehead atoms. The highest BCUT2D eigenvalue weighted by Gasteiger charge is 2.13. The van der Waals surface area contributed by atoms with Crippen LogP contribution in [0, 0.1) is 5.82 Å². The largest absolute Gasteiger partial charge is 0.374 e. The predicted octanol–water partition coefficient (Wildman–Crippen LogP) is 4.44. The Morgan fingerprint density at radius 3 is 2.62 bits per heavy atom. The summed E-state index contributed by atoms with van der Waals surface area (Å²) in [5, 5.41) is 0. The molecule has 88 valence electrons. The molecule has 1 nitrogen and oxygen atoms in total. The molecule has 2 rings (SSSR count). The van der Waals surface area contributed by atoms with Crippen molar-refractivity contribution in [2.75, 3.05) is 0 Å². The van der Waals surface area contributed by atoms with Crippen molar-refractivity contribution in [1.82, 2.24) is 0 Å². The normalized spacial score (nSPS) is 17.6. The summed E-state index contributed by atoms with van der Waals surface area (Å²) in [7, 11) is 0. The summed E-state index contributed by atoms with van der Waals surface area (Å²) in [6.07, 6.45) is 6.52. The average molecular weight is 287 g/mol. The molecule has 0 aromatic heterocycles. The van der Waals surface area contributed by atoms with E-state index in [0.717, 1.165) is 22.9 Å². The zero-order valence-electron chi connectivity index (χ0n) is 9.22. The van der Waals surface area contributed by atoms with E-state index in [-0.39, 0.29) is 5.82 Å². The third kappa shape index (κ3) is 3.56. The third-order valence-corrected chi connectivity index (χ3v) is 3.42. The molecule has 0 spiro atoms. The van der Waals surface area contributed by atoms with E-state index >= 15 is 0 Å². The topological polar surface area (TPSA) is 9.23 Å². The van der Waals surface area contributed by atoms with Gasteiger partial charge >= 0.3 is 0 Å². The monoisotopic (exact) mass is 286 g/mol. The Morgan fingerprint density at radius 2 is 1.94 bits per heavy atom. The van der Waals surface area contributed by atoms with Crippen molar-refractivity contribution < 1.29 is 9.13 Å². The Kier molecular flexibility index (Phi) is 4.36. The molecule has 0 heterocycles. The molecule has 1 aromatic rings. The third-order valence-electron chi connectivity index (χ3n) is 2.96. The molecule has 0 amide bonds. The maximum Gasteiger partial charge on any atom is 0.124 e. The average Bonchev–Trinajstić information content (AvgIpc) is 2.27. The minimum absolute atomic E-state index is 0.211. The van der Waals surface area contributed by atoms with E-state index in [0.29, 0.717) is 12.7 Å². The number of ether oxygens (including phenoxy) is 1. The van der Waals surface area contributed by atoms with Gasteiger partial charge < -0.3 is 4.74 Å². The lowest BCUT2D eigenvalue weighted by Crippen LogP contribution is -2.16. The van der Waals surface area contributed by atoms with E-state index in [9.17, 15) is 4.39 Å². The summed E-state index contributed by atoms with van der Waals surface area (Å²) in [5.74, 6) is -0.211. The molecule has 0 saturated heterocycles. The number of benzene rings is 1. The first-order valence-corrected chi connectivity index (χ1v) is 6.60. The lowest BCUT2D eigenvalue weighted by molar-refractivity contribution is 0.0167. The minimum atomic E-state index is -0.211. The molecule has 1 saturated carbocycles. The standard InChI is InChI=1S/C13H16BrFO/c14-11-6-10(7-12(15)8-11)9-16-13-4-2-1-3-5-13/h6-8,13H,1-5,9H2. The first-order chi connectivity index (χ1) is 7.74. The van der Waals surface area contributed by atoms with Gasteiger partial charge in [-0.2, -0.15) is 0 Å². The fourth-order valence-electron chi connectivity index (χ4n) is 2.14. The lowest BCUT2D eigenvalue weighted by atomic mass is 9.98. The van der Waals surface area contributed by atoms with E-state index in [1.165, 1.54) is 31.4 Å². The van der Waals surface area contributed by atoms with Crippen LogP contribution in [0.5, 0.6) is 0 Å². The van der Waals surface area contributed by atoms with E-state index in [2.05, 4.69) is 15.9 Å². The highest BCUT2D eigenvalue weighted by atomic mass is 79.9. The molecule has 0 atom stereocenters. The smallest absolute Gasteiger partial charge is 0.124 e. The predicted molar refractivity (Wildman–Crippen MR) is 65.8 cm³/mol. The molecule has 1 aliphatic carbocycles. The Hall–Kier alpha value is -0.410. The summed E-state index contributed by atoms with van der Waals surface area (Å²) >= 11 is 3.28. The van der Waals surface area contributed by atoms with Gasteiger partial charge in [-0.05, 0) is 36.6 Å². The second-order valence-electron chi connectivity index (χ2n) is 4.35. The van der Waals surface area contributed by atoms with E-state index in [4.69, 9.17) is 4.74 Å². The van der Waals surface area contributed by atoms with Crippen LogP contribution in [0.15, 0.2) is 22.7 Å². The van der Waals surface area contributed by atoms with Crippen LogP contribution in [0.1, 0.15) is 37.7 Å². The Balaban J connectivity index is 1.88. The molecular formula is C13H16BrFO. The lowest BCUT2D eigenvalue weighted by Gasteiger charge is -2.22. The molecule has 16 heavy (non-hydrogen) atoms. The molecule has 0 N–H and O–H groups in total. The van der Waals surface area contributed by atoms with Crippen LogP contribution in [0.25, 0.3) is 0 Å². The number of hydrogen-bond donors (Lipinski definition) is 0. The fraction of sp³-hybridized carbons (Fsp3) is 0.538. The van der Waals surface area contributed by atoms with Gasteiger partial charge in [-0.1, -0.05) is 35.2 Å². The minimum Gasteiger partial charge on any atom is -0.374 e. The number of rotatable bonds is 3. The first-order valence-electron chi connectivity index (χ1n) is 5.80. The van der Waals surface area contributed by atoms with Gasteiger partial charge in [0.25, 0.3) is 0 Å². The van der Waals surface area contributed by atoms with E-state index in [1.54, 1.807) is 0 Å². The SMILES string of the molecule is Fc1cc(Br)cc(COC2CCCCC2)c1. The highest BCUT2D eigenvalue weighted by molar-refractivity contribution is 9.10. The molecular weight excluding hydrogens is 271 g/mol. The molecule has 0 aliphatic heterocycles. The van der Waals surface area contributed by atoms with Crippen molar-refractivity contribution in [3.63, 3.8) is 0 Å². The molecule has 0 radical (unpaired) electrons. The Morgan fingerprint density at radius 1 is 1.19 bits per heavy atom. The van der Waals surface area contributed by atoms with Crippen molar-refractivity contribution in [2.24, 2.45) is 0 Å². The van der Waals surface area contributed by atoms with E-state index in [1.807, 2.05) is 6.07 Å². The Bertz CT molecular complexity index is 328. The molecule has 1 aromatic carbocycles. The van der Waals surface area contributed by atoms with Crippen LogP contribution in [0.2, 0.25) is 0 Å². The molecule has 1 aliphatic rings. The van der Waals surface area contributed by atoms with Crippen LogP contribution in [-0.4, -0.2) is 6.10 Å². The van der Waals surface area contributed by atoms with Gasteiger partial charge in [0.2, 0.25) is 0 Å². The van der Waals surface area contributed by atoms with Gasteiger partial charge in [0.15, 0.2) is 0 Å². The quantitative estimate of drug-likeness (QED) is 0.798. The molecule has 0 unspecified atom stereocenters. The highest BCUT2D eigenvalue weighted by Crippen LogP contribution is 2.22. The van der Waals surface area contributed by atoms with Crippen LogP contribution >= 0.6 is 15.9 Å². The second-order valence-corrected chi connectivity index (χ2v) is 5.26. The number of halogens is 2. The summed E-state index contributed by atoms with van der Waals surface area (Å²) in [6, 6.07) is 4.91. The Labute approximate surface area is 104 Å². The van der Waals surface area contributed by atoms with Crippen molar-refractivity contribution in [3.05, 3.63) is 34.1 Å². The van der Waals surface area contributed by atoms with Gasteiger partial charge in [0, 0.05) is 4.47 Å². The summed E-state index contributed by atoms with van der Waals surface area (Å²) in [4.78, 5) is 0. The van der Waals surface area contributed by atoms with Crippen molar-refractivity contribution in [2.45, 2.75) is 44.8 Å². The van der Waals surface area contributed by atoms with Gasteiger partial charge in [-0.15, -0.1) is 0 Å². The van der Waals surface area contributed by atoms with Crippen LogP contribution in [-0.2, 0) is 11.3 Å². The summed E-state index contributed by atoms with van der Waals surface area (Å²) < 4.78 is 19.7. The maximum absolute atomic E-state index is 13.1. The number of hydrogen-bond acceptors (Lipinski definition) is 1. The second kappa shape index (κ2) is 5.78. The fourth-order valence-corrected chi connectivity index (χ4v) is 2.65. The first kappa shape index (κ1) is 12.1. The van der Waals surface area contributed by atoms with Gasteiger partial charge in [-0.3, -0.25) is 0 Å². The van der Waals surface area contributed by atoms with Gasteiger partial charge in [0.05, 0.1) is 12.7 Å². The van der Waals surface area contributed by atoms with Crippen molar-refractivity contribution >= 4 is 15.9 Å². The summed E-state index contributed by atoms with van der Waals surface area (Å²) in [6.45, 7) is 0.515. The van der Waals surface area contributed by atoms with Crippen LogP contribution < -0.4 is 0 Å². The molecule has 3 heteroatoms. The van der Waals surface area contributed by atoms with Gasteiger partial charge in [-0.25, -0.2) is 4.39 Å². The zero-order valence-corrected chi connectivity index (χ0v) is 10.8. The van der Waals surface area contributed by atoms with E-state index < -0.39 is 0 Å². The maximum atomic E-state index is 13.1. The van der Waals surface area contributed by atoms with Crippen molar-refractivity contribution in [1.29, 1.82) is 0 Å². The van der Waals surface area contributed by atoms with Crippen molar-refractivity contribution in [3.8, 4) is 0 Å². The molecule has 1 fully saturated rings. The van der Waals surface area contributed by atoms with Crippen LogP contribution in [0.4, 0.5) is 4.39 Å². The zero-order chi connectivity index (χ0) is 11.4.